The average molecular weight is 164 g/mol. The summed E-state index contributed by atoms with van der Waals surface area (Å²) in [6, 6.07) is 0. The molecular formula is C6H16O3Si. The molecule has 0 rings (SSSR count). The maximum Gasteiger partial charge on any atom is 0.251 e. The summed E-state index contributed by atoms with van der Waals surface area (Å²) >= 11 is 0. The molecule has 3 nitrogen and oxygen atoms in total. The third-order valence-electron chi connectivity index (χ3n) is 1.56. The van der Waals surface area contributed by atoms with Crippen molar-refractivity contribution in [3.8, 4) is 0 Å². The largest absolute Gasteiger partial charge is 0.335 e. The normalized spacial score (nSPS) is 12.6. The molecule has 0 saturated carbocycles. The zero-order valence-electron chi connectivity index (χ0n) is 7.30. The Morgan fingerprint density at radius 1 is 0.900 bits per heavy atom. The second-order valence-electron chi connectivity index (χ2n) is 2.37. The van der Waals surface area contributed by atoms with Crippen LogP contribution in [0.4, 0.5) is 0 Å². The summed E-state index contributed by atoms with van der Waals surface area (Å²) in [5.74, 6) is 0. The van der Waals surface area contributed by atoms with Crippen LogP contribution in [0.5, 0.6) is 0 Å². The summed E-state index contributed by atoms with van der Waals surface area (Å²) in [6.07, 6.45) is 0. The molecule has 0 N–H and O–H groups in total. The molecule has 0 aliphatic heterocycles. The molecule has 0 aliphatic carbocycles. The molecule has 0 atom stereocenters. The van der Waals surface area contributed by atoms with E-state index in [0.29, 0.717) is 0 Å². The van der Waals surface area contributed by atoms with Crippen LogP contribution in [0.25, 0.3) is 0 Å². The fourth-order valence-electron chi connectivity index (χ4n) is 0.957. The maximum atomic E-state index is 5.11. The van der Waals surface area contributed by atoms with E-state index in [2.05, 4.69) is 13.1 Å². The van der Waals surface area contributed by atoms with Gasteiger partial charge in [-0.2, -0.15) is 0 Å². The van der Waals surface area contributed by atoms with Crippen molar-refractivity contribution in [3.63, 3.8) is 0 Å². The Balaban J connectivity index is 4.15. The van der Waals surface area contributed by atoms with Crippen LogP contribution in [-0.4, -0.2) is 35.7 Å². The van der Waals surface area contributed by atoms with Gasteiger partial charge in [-0.3, -0.25) is 0 Å². The van der Waals surface area contributed by atoms with Crippen molar-refractivity contribution in [2.24, 2.45) is 0 Å². The second-order valence-corrected chi connectivity index (χ2v) is 5.39. The Kier molecular flexibility index (Phi) is 4.11. The third kappa shape index (κ3) is 1.79. The molecule has 62 valence electrons. The summed E-state index contributed by atoms with van der Waals surface area (Å²) in [4.78, 5) is 0. The minimum atomic E-state index is -1.09. The predicted octanol–water partition coefficient (Wildman–Crippen LogP) is 0.605. The van der Waals surface area contributed by atoms with E-state index >= 15 is 0 Å². The fourth-order valence-corrected chi connectivity index (χ4v) is 2.37. The zero-order valence-corrected chi connectivity index (χ0v) is 8.46. The first-order valence-electron chi connectivity index (χ1n) is 3.28. The molecule has 0 spiro atoms. The van der Waals surface area contributed by atoms with Gasteiger partial charge in [-0.25, -0.2) is 0 Å². The van der Waals surface area contributed by atoms with E-state index < -0.39 is 14.4 Å². The van der Waals surface area contributed by atoms with Crippen LogP contribution in [0.3, 0.4) is 0 Å². The van der Waals surface area contributed by atoms with Gasteiger partial charge < -0.3 is 14.2 Å². The van der Waals surface area contributed by atoms with Crippen molar-refractivity contribution in [1.82, 2.24) is 0 Å². The number of hydrogen-bond donors (Lipinski definition) is 0. The summed E-state index contributed by atoms with van der Waals surface area (Å²) in [5.41, 5.74) is -0.736. The number of methoxy groups -OCH3 is 3. The van der Waals surface area contributed by atoms with Crippen molar-refractivity contribution in [3.05, 3.63) is 0 Å². The van der Waals surface area contributed by atoms with Crippen LogP contribution in [0, 0.1) is 0 Å². The molecule has 0 saturated heterocycles. The highest BCUT2D eigenvalue weighted by molar-refractivity contribution is 6.58. The van der Waals surface area contributed by atoms with Gasteiger partial charge in [0.2, 0.25) is 0 Å². The van der Waals surface area contributed by atoms with E-state index in [4.69, 9.17) is 14.2 Å². The van der Waals surface area contributed by atoms with Crippen LogP contribution in [0.15, 0.2) is 0 Å². The molecule has 0 aromatic heterocycles. The molecule has 0 heterocycles. The first-order chi connectivity index (χ1) is 4.63. The van der Waals surface area contributed by atoms with Gasteiger partial charge in [0.15, 0.2) is 0 Å². The minimum Gasteiger partial charge on any atom is -0.335 e. The molecule has 0 amide bonds. The van der Waals surface area contributed by atoms with Gasteiger partial charge in [0, 0.05) is 21.3 Å². The van der Waals surface area contributed by atoms with E-state index in [-0.39, 0.29) is 0 Å². The molecule has 0 bridgehead atoms. The summed E-state index contributed by atoms with van der Waals surface area (Å²) in [6.45, 7) is 4.22. The molecule has 0 radical (unpaired) electrons. The Morgan fingerprint density at radius 2 is 1.20 bits per heavy atom. The van der Waals surface area contributed by atoms with Gasteiger partial charge in [-0.15, -0.1) is 0 Å². The first kappa shape index (κ1) is 10.1. The topological polar surface area (TPSA) is 27.7 Å². The van der Waals surface area contributed by atoms with Crippen LogP contribution in [0.1, 0.15) is 0 Å². The Morgan fingerprint density at radius 3 is 1.20 bits per heavy atom. The third-order valence-corrected chi connectivity index (χ3v) is 3.68. The van der Waals surface area contributed by atoms with E-state index in [9.17, 15) is 0 Å². The molecule has 0 aromatic rings. The van der Waals surface area contributed by atoms with E-state index in [1.54, 1.807) is 21.3 Å². The monoisotopic (exact) mass is 164 g/mol. The van der Waals surface area contributed by atoms with Crippen LogP contribution >= 0.6 is 0 Å². The highest BCUT2D eigenvalue weighted by atomic mass is 28.3. The molecule has 4 heteroatoms. The lowest BCUT2D eigenvalue weighted by atomic mass is 11.1. The SMILES string of the molecule is COC(OC)(OC)[SiH](C)C. The summed E-state index contributed by atoms with van der Waals surface area (Å²) < 4.78 is 15.3. The number of hydrogen-bond acceptors (Lipinski definition) is 3. The predicted molar refractivity (Wildman–Crippen MR) is 42.6 cm³/mol. The summed E-state index contributed by atoms with van der Waals surface area (Å²) in [5, 5.41) is 0. The lowest BCUT2D eigenvalue weighted by molar-refractivity contribution is -0.297. The number of rotatable bonds is 4. The standard InChI is InChI=1S/C6H16O3Si/c1-7-6(8-2,9-3)10(4)5/h10H,1-5H3. The fraction of sp³-hybridized carbons (Fsp3) is 1.00. The lowest BCUT2D eigenvalue weighted by Gasteiger charge is -2.31. The molecule has 10 heavy (non-hydrogen) atoms. The van der Waals surface area contributed by atoms with Gasteiger partial charge in [0.05, 0.1) is 0 Å². The average Bonchev–Trinajstić information content (AvgIpc) is 1.92. The van der Waals surface area contributed by atoms with Gasteiger partial charge in [-0.05, 0) is 0 Å². The van der Waals surface area contributed by atoms with Crippen molar-refractivity contribution >= 4 is 8.80 Å². The smallest absolute Gasteiger partial charge is 0.251 e. The highest BCUT2D eigenvalue weighted by Gasteiger charge is 2.34. The van der Waals surface area contributed by atoms with Crippen molar-refractivity contribution in [2.75, 3.05) is 21.3 Å². The Labute approximate surface area is 63.9 Å². The quantitative estimate of drug-likeness (QED) is 0.450. The second kappa shape index (κ2) is 4.08. The van der Waals surface area contributed by atoms with Crippen molar-refractivity contribution in [2.45, 2.75) is 18.7 Å². The lowest BCUT2D eigenvalue weighted by Crippen LogP contribution is -2.47. The summed E-state index contributed by atoms with van der Waals surface area (Å²) in [7, 11) is 3.70. The van der Waals surface area contributed by atoms with E-state index in [0.717, 1.165) is 0 Å². The van der Waals surface area contributed by atoms with E-state index in [1.807, 2.05) is 0 Å². The minimum absolute atomic E-state index is 0.736. The zero-order chi connectivity index (χ0) is 8.20. The maximum absolute atomic E-state index is 5.11. The van der Waals surface area contributed by atoms with Gasteiger partial charge >= 0.3 is 0 Å². The molecule has 0 fully saturated rings. The number of ether oxygens (including phenoxy) is 3. The highest BCUT2D eigenvalue weighted by Crippen LogP contribution is 2.15. The Bertz CT molecular complexity index is 82.7. The van der Waals surface area contributed by atoms with E-state index in [1.165, 1.54) is 0 Å². The van der Waals surface area contributed by atoms with Gasteiger partial charge in [0.1, 0.15) is 8.80 Å². The molecule has 0 aromatic carbocycles. The first-order valence-corrected chi connectivity index (χ1v) is 6.17. The molecular weight excluding hydrogens is 148 g/mol. The van der Waals surface area contributed by atoms with Crippen molar-refractivity contribution in [1.29, 1.82) is 0 Å². The van der Waals surface area contributed by atoms with Gasteiger partial charge in [-0.1, -0.05) is 13.1 Å². The van der Waals surface area contributed by atoms with Gasteiger partial charge in [0.25, 0.3) is 5.60 Å². The Hall–Kier alpha value is 0.0969. The van der Waals surface area contributed by atoms with Crippen LogP contribution in [0.2, 0.25) is 13.1 Å². The van der Waals surface area contributed by atoms with Crippen LogP contribution in [-0.2, 0) is 14.2 Å². The molecule has 0 aliphatic rings. The molecule has 0 unspecified atom stereocenters. The van der Waals surface area contributed by atoms with Crippen LogP contribution < -0.4 is 0 Å². The van der Waals surface area contributed by atoms with Crippen molar-refractivity contribution < 1.29 is 14.2 Å².